The number of halogens is 1. The van der Waals surface area contributed by atoms with E-state index in [-0.39, 0.29) is 11.6 Å². The largest absolute Gasteiger partial charge is 0.326 e. The van der Waals surface area contributed by atoms with Crippen molar-refractivity contribution in [3.05, 3.63) is 59.4 Å². The molecule has 1 aliphatic rings. The van der Waals surface area contributed by atoms with Crippen molar-refractivity contribution in [2.24, 2.45) is 0 Å². The Balaban J connectivity index is 1.65. The molecule has 1 saturated heterocycles. The number of nitrogens with one attached hydrogen (secondary N) is 2. The van der Waals surface area contributed by atoms with Gasteiger partial charge in [-0.05, 0) is 55.7 Å². The SMILES string of the molecule is Cc1ccc(N2CC[C@H](NC(=O)Nc3ccccc3F)C2=O)cc1C. The molecule has 2 aromatic carbocycles. The standard InChI is InChI=1S/C19H20FN3O2/c1-12-7-8-14(11-13(12)2)23-10-9-17(18(23)24)22-19(25)21-16-6-4-3-5-15(16)20/h3-8,11,17H,9-10H2,1-2H3,(H2,21,22,25)/t17-/m0/s1. The Labute approximate surface area is 145 Å². The third kappa shape index (κ3) is 3.63. The van der Waals surface area contributed by atoms with Gasteiger partial charge in [-0.1, -0.05) is 18.2 Å². The summed E-state index contributed by atoms with van der Waals surface area (Å²) in [4.78, 5) is 26.3. The first-order valence-corrected chi connectivity index (χ1v) is 8.16. The van der Waals surface area contributed by atoms with Crippen molar-refractivity contribution in [2.45, 2.75) is 26.3 Å². The molecule has 1 fully saturated rings. The maximum Gasteiger partial charge on any atom is 0.319 e. The number of anilines is 2. The molecule has 6 heteroatoms. The number of benzene rings is 2. The molecule has 0 saturated carbocycles. The van der Waals surface area contributed by atoms with E-state index >= 15 is 0 Å². The third-order valence-corrected chi connectivity index (χ3v) is 4.44. The second-order valence-corrected chi connectivity index (χ2v) is 6.18. The van der Waals surface area contributed by atoms with Crippen molar-refractivity contribution < 1.29 is 14.0 Å². The molecule has 3 rings (SSSR count). The van der Waals surface area contributed by atoms with Crippen LogP contribution >= 0.6 is 0 Å². The van der Waals surface area contributed by atoms with E-state index in [1.165, 1.54) is 12.1 Å². The van der Waals surface area contributed by atoms with E-state index in [1.54, 1.807) is 17.0 Å². The number of hydrogen-bond donors (Lipinski definition) is 2. The van der Waals surface area contributed by atoms with E-state index in [0.717, 1.165) is 16.8 Å². The maximum atomic E-state index is 13.6. The summed E-state index contributed by atoms with van der Waals surface area (Å²) in [5.74, 6) is -0.681. The number of amides is 3. The van der Waals surface area contributed by atoms with E-state index in [1.807, 2.05) is 32.0 Å². The Kier molecular flexibility index (Phi) is 4.70. The second kappa shape index (κ2) is 6.93. The highest BCUT2D eigenvalue weighted by Crippen LogP contribution is 2.24. The third-order valence-electron chi connectivity index (χ3n) is 4.44. The van der Waals surface area contributed by atoms with Gasteiger partial charge < -0.3 is 15.5 Å². The van der Waals surface area contributed by atoms with Crippen LogP contribution in [-0.2, 0) is 4.79 Å². The summed E-state index contributed by atoms with van der Waals surface area (Å²) in [7, 11) is 0. The van der Waals surface area contributed by atoms with Gasteiger partial charge in [0.1, 0.15) is 11.9 Å². The van der Waals surface area contributed by atoms with Crippen LogP contribution in [0.25, 0.3) is 0 Å². The van der Waals surface area contributed by atoms with Crippen LogP contribution < -0.4 is 15.5 Å². The van der Waals surface area contributed by atoms with Gasteiger partial charge >= 0.3 is 6.03 Å². The van der Waals surface area contributed by atoms with E-state index in [0.29, 0.717) is 13.0 Å². The highest BCUT2D eigenvalue weighted by atomic mass is 19.1. The highest BCUT2D eigenvalue weighted by molar-refractivity contribution is 6.02. The fourth-order valence-electron chi connectivity index (χ4n) is 2.84. The van der Waals surface area contributed by atoms with E-state index < -0.39 is 17.9 Å². The fourth-order valence-corrected chi connectivity index (χ4v) is 2.84. The summed E-state index contributed by atoms with van der Waals surface area (Å²) in [6.07, 6.45) is 0.510. The smallest absolute Gasteiger partial charge is 0.319 e. The zero-order valence-corrected chi connectivity index (χ0v) is 14.2. The quantitative estimate of drug-likeness (QED) is 0.899. The lowest BCUT2D eigenvalue weighted by molar-refractivity contribution is -0.118. The van der Waals surface area contributed by atoms with Crippen molar-refractivity contribution >= 4 is 23.3 Å². The summed E-state index contributed by atoms with van der Waals surface area (Å²) < 4.78 is 13.6. The highest BCUT2D eigenvalue weighted by Gasteiger charge is 2.33. The normalized spacial score (nSPS) is 16.8. The summed E-state index contributed by atoms with van der Waals surface area (Å²) >= 11 is 0. The van der Waals surface area contributed by atoms with Gasteiger partial charge in [0, 0.05) is 12.2 Å². The van der Waals surface area contributed by atoms with Gasteiger partial charge in [0.25, 0.3) is 0 Å². The second-order valence-electron chi connectivity index (χ2n) is 6.18. The van der Waals surface area contributed by atoms with Gasteiger partial charge in [-0.25, -0.2) is 9.18 Å². The summed E-state index contributed by atoms with van der Waals surface area (Å²) in [5, 5.41) is 5.06. The zero-order chi connectivity index (χ0) is 18.0. The van der Waals surface area contributed by atoms with Gasteiger partial charge in [0.05, 0.1) is 5.69 Å². The molecule has 1 aliphatic heterocycles. The lowest BCUT2D eigenvalue weighted by Crippen LogP contribution is -2.43. The minimum atomic E-state index is -0.617. The molecule has 0 radical (unpaired) electrons. The number of carbonyl (C=O) groups is 2. The van der Waals surface area contributed by atoms with Crippen molar-refractivity contribution in [3.8, 4) is 0 Å². The maximum absolute atomic E-state index is 13.6. The monoisotopic (exact) mass is 341 g/mol. The molecule has 2 aromatic rings. The van der Waals surface area contributed by atoms with Crippen molar-refractivity contribution in [3.63, 3.8) is 0 Å². The molecule has 0 aromatic heterocycles. The van der Waals surface area contributed by atoms with Crippen LogP contribution in [0.3, 0.4) is 0 Å². The number of para-hydroxylation sites is 1. The topological polar surface area (TPSA) is 61.4 Å². The number of carbonyl (C=O) groups excluding carboxylic acids is 2. The molecule has 2 N–H and O–H groups in total. The molecule has 3 amide bonds. The van der Waals surface area contributed by atoms with Crippen LogP contribution in [0.5, 0.6) is 0 Å². The molecular formula is C19H20FN3O2. The van der Waals surface area contributed by atoms with Crippen molar-refractivity contribution in [1.29, 1.82) is 0 Å². The number of rotatable bonds is 3. The first-order valence-electron chi connectivity index (χ1n) is 8.16. The molecule has 5 nitrogen and oxygen atoms in total. The van der Waals surface area contributed by atoms with Gasteiger partial charge in [-0.2, -0.15) is 0 Å². The predicted octanol–water partition coefficient (Wildman–Crippen LogP) is 3.37. The molecule has 0 spiro atoms. The lowest BCUT2D eigenvalue weighted by Gasteiger charge is -2.18. The summed E-state index contributed by atoms with van der Waals surface area (Å²) in [6, 6.07) is 10.5. The molecule has 130 valence electrons. The van der Waals surface area contributed by atoms with E-state index in [2.05, 4.69) is 10.6 Å². The van der Waals surface area contributed by atoms with Crippen LogP contribution in [0.4, 0.5) is 20.6 Å². The van der Waals surface area contributed by atoms with Crippen LogP contribution in [0.1, 0.15) is 17.5 Å². The summed E-state index contributed by atoms with van der Waals surface area (Å²) in [5.41, 5.74) is 3.18. The van der Waals surface area contributed by atoms with Gasteiger partial charge in [0.2, 0.25) is 5.91 Å². The van der Waals surface area contributed by atoms with Gasteiger partial charge in [-0.15, -0.1) is 0 Å². The number of urea groups is 1. The van der Waals surface area contributed by atoms with E-state index in [4.69, 9.17) is 0 Å². The Morgan fingerprint density at radius 2 is 1.92 bits per heavy atom. The van der Waals surface area contributed by atoms with E-state index in [9.17, 15) is 14.0 Å². The van der Waals surface area contributed by atoms with Crippen LogP contribution in [-0.4, -0.2) is 24.5 Å². The zero-order valence-electron chi connectivity index (χ0n) is 14.2. The fraction of sp³-hybridized carbons (Fsp3) is 0.263. The summed E-state index contributed by atoms with van der Waals surface area (Å²) in [6.45, 7) is 4.55. The average molecular weight is 341 g/mol. The molecule has 1 heterocycles. The van der Waals surface area contributed by atoms with Crippen LogP contribution in [0.2, 0.25) is 0 Å². The van der Waals surface area contributed by atoms with Gasteiger partial charge in [0.15, 0.2) is 0 Å². The minimum absolute atomic E-state index is 0.0801. The molecular weight excluding hydrogens is 321 g/mol. The van der Waals surface area contributed by atoms with Gasteiger partial charge in [-0.3, -0.25) is 4.79 Å². The first-order chi connectivity index (χ1) is 12.0. The Morgan fingerprint density at radius 3 is 2.64 bits per heavy atom. The minimum Gasteiger partial charge on any atom is -0.326 e. The van der Waals surface area contributed by atoms with Crippen LogP contribution in [0.15, 0.2) is 42.5 Å². The Morgan fingerprint density at radius 1 is 1.16 bits per heavy atom. The molecule has 0 bridgehead atoms. The number of hydrogen-bond acceptors (Lipinski definition) is 2. The molecule has 0 unspecified atom stereocenters. The molecule has 1 atom stereocenters. The Hall–Kier alpha value is -2.89. The van der Waals surface area contributed by atoms with Crippen molar-refractivity contribution in [1.82, 2.24) is 5.32 Å². The lowest BCUT2D eigenvalue weighted by atomic mass is 10.1. The number of nitrogens with zero attached hydrogens (tertiary/aromatic N) is 1. The molecule has 0 aliphatic carbocycles. The van der Waals surface area contributed by atoms with Crippen molar-refractivity contribution in [2.75, 3.05) is 16.8 Å². The first kappa shape index (κ1) is 17.0. The van der Waals surface area contributed by atoms with Crippen LogP contribution in [0, 0.1) is 19.7 Å². The average Bonchev–Trinajstić information content (AvgIpc) is 2.93. The Bertz CT molecular complexity index is 822. The molecule has 25 heavy (non-hydrogen) atoms. The predicted molar refractivity (Wildman–Crippen MR) is 95.2 cm³/mol. The number of aryl methyl sites for hydroxylation is 2.